The molecule has 0 fully saturated rings. The highest BCUT2D eigenvalue weighted by Gasteiger charge is 2.10. The predicted octanol–water partition coefficient (Wildman–Crippen LogP) is 3.39. The Morgan fingerprint density at radius 1 is 1.50 bits per heavy atom. The van der Waals surface area contributed by atoms with Crippen LogP contribution in [0.3, 0.4) is 0 Å². The lowest BCUT2D eigenvalue weighted by Gasteiger charge is -1.92. The van der Waals surface area contributed by atoms with E-state index in [9.17, 15) is 4.79 Å². The summed E-state index contributed by atoms with van der Waals surface area (Å²) in [7, 11) is 0. The molecule has 2 aromatic rings. The molecular formula is C9H6BrNOS2. The van der Waals surface area contributed by atoms with Crippen LogP contribution in [0, 0.1) is 0 Å². The van der Waals surface area contributed by atoms with Crippen molar-refractivity contribution < 1.29 is 4.79 Å². The van der Waals surface area contributed by atoms with Crippen molar-refractivity contribution in [2.45, 2.75) is 6.42 Å². The zero-order valence-electron chi connectivity index (χ0n) is 7.07. The molecule has 0 saturated heterocycles. The van der Waals surface area contributed by atoms with Crippen LogP contribution in [-0.4, -0.2) is 10.8 Å². The molecule has 0 atom stereocenters. The normalized spacial score (nSPS) is 10.4. The summed E-state index contributed by atoms with van der Waals surface area (Å²) in [4.78, 5) is 15.8. The van der Waals surface area contributed by atoms with Crippen molar-refractivity contribution in [3.05, 3.63) is 37.4 Å². The maximum absolute atomic E-state index is 11.7. The molecular weight excluding hydrogens is 282 g/mol. The molecule has 0 amide bonds. The number of Topliss-reactive ketones (excluding diaryl/α,β-unsaturated/α-hetero) is 1. The van der Waals surface area contributed by atoms with E-state index in [0.29, 0.717) is 6.42 Å². The number of carbonyl (C=O) groups excluding carboxylic acids is 1. The minimum absolute atomic E-state index is 0.127. The van der Waals surface area contributed by atoms with Crippen LogP contribution < -0.4 is 0 Å². The van der Waals surface area contributed by atoms with Crippen LogP contribution in [0.25, 0.3) is 0 Å². The molecule has 0 aliphatic rings. The summed E-state index contributed by atoms with van der Waals surface area (Å²) in [6, 6.07) is 1.85. The highest BCUT2D eigenvalue weighted by Crippen LogP contribution is 2.22. The van der Waals surface area contributed by atoms with Gasteiger partial charge in [-0.15, -0.1) is 22.7 Å². The largest absolute Gasteiger partial charge is 0.294 e. The van der Waals surface area contributed by atoms with E-state index in [-0.39, 0.29) is 5.78 Å². The van der Waals surface area contributed by atoms with Gasteiger partial charge in [-0.25, -0.2) is 4.98 Å². The maximum Gasteiger partial charge on any atom is 0.170 e. The van der Waals surface area contributed by atoms with Crippen LogP contribution in [0.1, 0.15) is 15.4 Å². The van der Waals surface area contributed by atoms with Gasteiger partial charge in [0.15, 0.2) is 5.78 Å². The standard InChI is InChI=1S/C9H6BrNOS2/c10-8-3-6(5-14-8)7(12)4-9-11-1-2-13-9/h1-3,5H,4H2. The average molecular weight is 288 g/mol. The Morgan fingerprint density at radius 2 is 2.36 bits per heavy atom. The molecule has 0 N–H and O–H groups in total. The lowest BCUT2D eigenvalue weighted by Crippen LogP contribution is -2.01. The summed E-state index contributed by atoms with van der Waals surface area (Å²) in [6.07, 6.45) is 2.12. The number of thiophene rings is 1. The third kappa shape index (κ3) is 2.29. The molecule has 0 radical (unpaired) electrons. The number of ketones is 1. The van der Waals surface area contributed by atoms with Gasteiger partial charge in [-0.05, 0) is 22.0 Å². The average Bonchev–Trinajstić information content (AvgIpc) is 2.75. The number of hydrogen-bond acceptors (Lipinski definition) is 4. The Balaban J connectivity index is 2.10. The van der Waals surface area contributed by atoms with Gasteiger partial charge in [-0.1, -0.05) is 0 Å². The first-order valence-corrected chi connectivity index (χ1v) is 6.46. The number of nitrogens with zero attached hydrogens (tertiary/aromatic N) is 1. The zero-order valence-corrected chi connectivity index (χ0v) is 10.3. The van der Waals surface area contributed by atoms with Gasteiger partial charge in [0.25, 0.3) is 0 Å². The van der Waals surface area contributed by atoms with Crippen LogP contribution in [0.15, 0.2) is 26.8 Å². The van der Waals surface area contributed by atoms with E-state index < -0.39 is 0 Å². The van der Waals surface area contributed by atoms with E-state index >= 15 is 0 Å². The molecule has 5 heteroatoms. The minimum Gasteiger partial charge on any atom is -0.294 e. The summed E-state index contributed by atoms with van der Waals surface area (Å²) in [5.41, 5.74) is 0.761. The Kier molecular flexibility index (Phi) is 3.10. The predicted molar refractivity (Wildman–Crippen MR) is 62.2 cm³/mol. The van der Waals surface area contributed by atoms with Crippen molar-refractivity contribution in [1.29, 1.82) is 0 Å². The summed E-state index contributed by atoms with van der Waals surface area (Å²) < 4.78 is 0.986. The second-order valence-corrected chi connectivity index (χ2v) is 5.93. The van der Waals surface area contributed by atoms with E-state index in [2.05, 4.69) is 20.9 Å². The molecule has 2 rings (SSSR count). The molecule has 0 aliphatic heterocycles. The van der Waals surface area contributed by atoms with Crippen LogP contribution >= 0.6 is 38.6 Å². The number of carbonyl (C=O) groups is 1. The Morgan fingerprint density at radius 3 is 2.93 bits per heavy atom. The molecule has 0 bridgehead atoms. The van der Waals surface area contributed by atoms with Crippen LogP contribution in [0.2, 0.25) is 0 Å². The maximum atomic E-state index is 11.7. The van der Waals surface area contributed by atoms with Crippen molar-refractivity contribution >= 4 is 44.4 Å². The SMILES string of the molecule is O=C(Cc1nccs1)c1csc(Br)c1. The topological polar surface area (TPSA) is 30.0 Å². The summed E-state index contributed by atoms with van der Waals surface area (Å²) in [5, 5.41) is 4.61. The second kappa shape index (κ2) is 4.33. The lowest BCUT2D eigenvalue weighted by atomic mass is 10.2. The van der Waals surface area contributed by atoms with Crippen molar-refractivity contribution in [2.24, 2.45) is 0 Å². The first kappa shape index (κ1) is 10.0. The molecule has 2 nitrogen and oxygen atoms in total. The first-order valence-electron chi connectivity index (χ1n) is 3.91. The number of hydrogen-bond donors (Lipinski definition) is 0. The fourth-order valence-electron chi connectivity index (χ4n) is 1.04. The molecule has 0 saturated carbocycles. The second-order valence-electron chi connectivity index (χ2n) is 2.67. The van der Waals surface area contributed by atoms with Gasteiger partial charge in [-0.2, -0.15) is 0 Å². The van der Waals surface area contributed by atoms with Gasteiger partial charge in [0.05, 0.1) is 10.2 Å². The van der Waals surface area contributed by atoms with Gasteiger partial charge < -0.3 is 0 Å². The lowest BCUT2D eigenvalue weighted by molar-refractivity contribution is 0.0993. The molecule has 2 aromatic heterocycles. The molecule has 72 valence electrons. The van der Waals surface area contributed by atoms with E-state index in [1.165, 1.54) is 22.7 Å². The zero-order chi connectivity index (χ0) is 9.97. The summed E-state index contributed by atoms with van der Waals surface area (Å²) >= 11 is 6.37. The third-order valence-electron chi connectivity index (χ3n) is 1.68. The third-order valence-corrected chi connectivity index (χ3v) is 3.97. The monoisotopic (exact) mass is 287 g/mol. The fraction of sp³-hybridized carbons (Fsp3) is 0.111. The Bertz CT molecular complexity index is 435. The quantitative estimate of drug-likeness (QED) is 0.810. The van der Waals surface area contributed by atoms with E-state index in [1.807, 2.05) is 16.8 Å². The molecule has 0 unspecified atom stereocenters. The van der Waals surface area contributed by atoms with Crippen LogP contribution in [0.5, 0.6) is 0 Å². The van der Waals surface area contributed by atoms with E-state index in [4.69, 9.17) is 0 Å². The van der Waals surface area contributed by atoms with Crippen molar-refractivity contribution in [3.8, 4) is 0 Å². The van der Waals surface area contributed by atoms with Crippen LogP contribution in [0.4, 0.5) is 0 Å². The van der Waals surface area contributed by atoms with Gasteiger partial charge in [0.2, 0.25) is 0 Å². The van der Waals surface area contributed by atoms with Crippen molar-refractivity contribution in [2.75, 3.05) is 0 Å². The number of aromatic nitrogens is 1. The highest BCUT2D eigenvalue weighted by molar-refractivity contribution is 9.11. The molecule has 2 heterocycles. The minimum atomic E-state index is 0.127. The van der Waals surface area contributed by atoms with Gasteiger partial charge in [-0.3, -0.25) is 4.79 Å². The van der Waals surface area contributed by atoms with Gasteiger partial charge >= 0.3 is 0 Å². The fourth-order valence-corrected chi connectivity index (χ4v) is 2.81. The molecule has 0 aliphatic carbocycles. The number of rotatable bonds is 3. The van der Waals surface area contributed by atoms with Gasteiger partial charge in [0, 0.05) is 22.5 Å². The molecule has 0 aromatic carbocycles. The summed E-state index contributed by atoms with van der Waals surface area (Å²) in [6.45, 7) is 0. The van der Waals surface area contributed by atoms with E-state index in [0.717, 1.165) is 14.4 Å². The van der Waals surface area contributed by atoms with Crippen molar-refractivity contribution in [3.63, 3.8) is 0 Å². The van der Waals surface area contributed by atoms with Gasteiger partial charge in [0.1, 0.15) is 5.01 Å². The van der Waals surface area contributed by atoms with E-state index in [1.54, 1.807) is 6.20 Å². The Hall–Kier alpha value is -0.520. The number of halogens is 1. The highest BCUT2D eigenvalue weighted by atomic mass is 79.9. The van der Waals surface area contributed by atoms with Crippen molar-refractivity contribution in [1.82, 2.24) is 4.98 Å². The number of thiazole rings is 1. The smallest absolute Gasteiger partial charge is 0.170 e. The summed E-state index contributed by atoms with van der Waals surface area (Å²) in [5.74, 6) is 0.127. The molecule has 14 heavy (non-hydrogen) atoms. The van der Waals surface area contributed by atoms with Crippen LogP contribution in [-0.2, 0) is 6.42 Å². The Labute approximate surface area is 97.7 Å². The molecule has 0 spiro atoms. The first-order chi connectivity index (χ1) is 6.75.